The summed E-state index contributed by atoms with van der Waals surface area (Å²) in [5.41, 5.74) is 2.71. The Hall–Kier alpha value is -5.66. The molecule has 2 amide bonds. The van der Waals surface area contributed by atoms with Gasteiger partial charge in [-0.1, -0.05) is 51.1 Å². The number of aromatic nitrogens is 1. The molecule has 306 valence electrons. The first-order valence-electron chi connectivity index (χ1n) is 19.2. The molecule has 4 aromatic carbocycles. The Morgan fingerprint density at radius 3 is 2.31 bits per heavy atom. The highest BCUT2D eigenvalue weighted by Crippen LogP contribution is 2.38. The summed E-state index contributed by atoms with van der Waals surface area (Å²) in [7, 11) is 1.54. The molecule has 2 N–H and O–H groups in total. The number of Topliss-reactive ketones (excluding diaryl/α,β-unsaturated/α-hetero) is 1. The number of hydrogen-bond acceptors (Lipinski definition) is 8. The van der Waals surface area contributed by atoms with E-state index >= 15 is 0 Å². The van der Waals surface area contributed by atoms with Gasteiger partial charge in [-0.05, 0) is 77.9 Å². The van der Waals surface area contributed by atoms with E-state index in [1.165, 1.54) is 7.11 Å². The number of fused-ring (bicyclic) bond motifs is 1. The number of morpholine rings is 1. The number of benzene rings is 4. The summed E-state index contributed by atoms with van der Waals surface area (Å²) in [6.07, 6.45) is -2.07. The number of hydrogen-bond donors (Lipinski definition) is 2. The van der Waals surface area contributed by atoms with Crippen molar-refractivity contribution in [3.63, 3.8) is 0 Å². The van der Waals surface area contributed by atoms with Crippen molar-refractivity contribution in [2.75, 3.05) is 57.2 Å². The lowest BCUT2D eigenvalue weighted by atomic mass is 9.85. The van der Waals surface area contributed by atoms with Gasteiger partial charge in [0.25, 0.3) is 0 Å². The minimum atomic E-state index is -4.55. The Labute approximate surface area is 336 Å². The Morgan fingerprint density at radius 1 is 0.862 bits per heavy atom. The fourth-order valence-corrected chi connectivity index (χ4v) is 6.78. The van der Waals surface area contributed by atoms with Crippen LogP contribution in [0.3, 0.4) is 0 Å². The van der Waals surface area contributed by atoms with Crippen molar-refractivity contribution >= 4 is 34.0 Å². The molecule has 1 aromatic heterocycles. The lowest BCUT2D eigenvalue weighted by Crippen LogP contribution is -2.38. The molecule has 0 spiro atoms. The number of rotatable bonds is 14. The molecule has 6 rings (SSSR count). The van der Waals surface area contributed by atoms with Gasteiger partial charge >= 0.3 is 12.2 Å². The van der Waals surface area contributed by atoms with Gasteiger partial charge in [0.1, 0.15) is 35.4 Å². The van der Waals surface area contributed by atoms with E-state index in [1.54, 1.807) is 43.5 Å². The molecule has 0 bridgehead atoms. The number of ketones is 1. The van der Waals surface area contributed by atoms with E-state index in [9.17, 15) is 22.8 Å². The summed E-state index contributed by atoms with van der Waals surface area (Å²) < 4.78 is 65.0. The summed E-state index contributed by atoms with van der Waals surface area (Å²) in [6.45, 7) is 11.4. The fraction of sp³-hybridized carbons (Fsp3) is 0.356. The Morgan fingerprint density at radius 2 is 1.60 bits per heavy atom. The normalized spacial score (nSPS) is 13.6. The highest BCUT2D eigenvalue weighted by molar-refractivity contribution is 6.08. The van der Waals surface area contributed by atoms with Crippen LogP contribution in [0.15, 0.2) is 85.1 Å². The van der Waals surface area contributed by atoms with E-state index in [1.807, 2.05) is 36.4 Å². The van der Waals surface area contributed by atoms with Crippen molar-refractivity contribution in [2.24, 2.45) is 0 Å². The monoisotopic (exact) mass is 798 g/mol. The highest BCUT2D eigenvalue weighted by atomic mass is 19.4. The Kier molecular flexibility index (Phi) is 13.2. The molecule has 0 aliphatic carbocycles. The van der Waals surface area contributed by atoms with Crippen LogP contribution in [0.1, 0.15) is 62.1 Å². The fourth-order valence-electron chi connectivity index (χ4n) is 6.78. The first-order valence-corrected chi connectivity index (χ1v) is 19.2. The van der Waals surface area contributed by atoms with E-state index in [-0.39, 0.29) is 30.0 Å². The van der Waals surface area contributed by atoms with Crippen molar-refractivity contribution in [3.8, 4) is 23.0 Å². The van der Waals surface area contributed by atoms with Crippen LogP contribution in [0.2, 0.25) is 0 Å². The lowest BCUT2D eigenvalue weighted by molar-refractivity contribution is -0.137. The average molecular weight is 799 g/mol. The van der Waals surface area contributed by atoms with Crippen molar-refractivity contribution in [3.05, 3.63) is 113 Å². The number of methoxy groups -OCH3 is 1. The SMILES string of the molecule is COc1c(CCC(C)=O)cc(C(C)(C)C)cc1NC(=O)Nc1ccc(Oc2ccnc(Cc3cc(OCCN4CCOCC4)cc(C(F)(F)F)c3)c2)c2ccccc12. The van der Waals surface area contributed by atoms with Gasteiger partial charge in [0.2, 0.25) is 0 Å². The molecule has 0 radical (unpaired) electrons. The summed E-state index contributed by atoms with van der Waals surface area (Å²) in [4.78, 5) is 32.0. The molecule has 1 saturated heterocycles. The van der Waals surface area contributed by atoms with Gasteiger partial charge < -0.3 is 34.4 Å². The zero-order valence-corrected chi connectivity index (χ0v) is 33.4. The third-order valence-corrected chi connectivity index (χ3v) is 9.84. The van der Waals surface area contributed by atoms with Gasteiger partial charge in [-0.25, -0.2) is 4.79 Å². The second kappa shape index (κ2) is 18.3. The molecule has 0 saturated carbocycles. The van der Waals surface area contributed by atoms with Crippen molar-refractivity contribution in [2.45, 2.75) is 58.5 Å². The van der Waals surface area contributed by atoms with E-state index < -0.39 is 17.8 Å². The number of nitrogens with one attached hydrogen (secondary N) is 2. The van der Waals surface area contributed by atoms with Gasteiger partial charge in [0.15, 0.2) is 0 Å². The average Bonchev–Trinajstić information content (AvgIpc) is 3.17. The maximum atomic E-state index is 13.9. The van der Waals surface area contributed by atoms with Crippen molar-refractivity contribution < 1.29 is 41.7 Å². The molecule has 1 aliphatic rings. The van der Waals surface area contributed by atoms with Gasteiger partial charge in [0, 0.05) is 61.2 Å². The van der Waals surface area contributed by atoms with Gasteiger partial charge in [0.05, 0.1) is 37.3 Å². The third-order valence-electron chi connectivity index (χ3n) is 9.84. The first-order chi connectivity index (χ1) is 27.7. The molecule has 58 heavy (non-hydrogen) atoms. The minimum absolute atomic E-state index is 0.0598. The van der Waals surface area contributed by atoms with Crippen LogP contribution in [-0.2, 0) is 34.0 Å². The minimum Gasteiger partial charge on any atom is -0.494 e. The molecule has 0 atom stereocenters. The van der Waals surface area contributed by atoms with Crippen LogP contribution in [0.5, 0.6) is 23.0 Å². The zero-order chi connectivity index (χ0) is 41.5. The summed E-state index contributed by atoms with van der Waals surface area (Å²) in [5, 5.41) is 7.36. The molecular weight excluding hydrogens is 750 g/mol. The van der Waals surface area contributed by atoms with Crippen LogP contribution >= 0.6 is 0 Å². The molecule has 2 heterocycles. The second-order valence-electron chi connectivity index (χ2n) is 15.3. The maximum absolute atomic E-state index is 13.9. The summed E-state index contributed by atoms with van der Waals surface area (Å²) >= 11 is 0. The predicted octanol–water partition coefficient (Wildman–Crippen LogP) is 9.82. The number of pyridine rings is 1. The molecule has 1 fully saturated rings. The molecule has 13 heteroatoms. The van der Waals surface area contributed by atoms with Gasteiger partial charge in [-0.2, -0.15) is 13.2 Å². The number of aryl methyl sites for hydroxylation is 1. The molecule has 10 nitrogen and oxygen atoms in total. The number of nitrogens with zero attached hydrogens (tertiary/aromatic N) is 2. The number of alkyl halides is 3. The van der Waals surface area contributed by atoms with E-state index in [4.69, 9.17) is 18.9 Å². The van der Waals surface area contributed by atoms with Crippen LogP contribution in [0.4, 0.5) is 29.3 Å². The zero-order valence-electron chi connectivity index (χ0n) is 33.4. The van der Waals surface area contributed by atoms with Crippen molar-refractivity contribution in [1.29, 1.82) is 0 Å². The molecule has 5 aromatic rings. The number of anilines is 2. The Bertz CT molecular complexity index is 2250. The van der Waals surface area contributed by atoms with Gasteiger partial charge in [-0.15, -0.1) is 0 Å². The quantitative estimate of drug-likeness (QED) is 0.114. The van der Waals surface area contributed by atoms with Crippen LogP contribution in [0.25, 0.3) is 10.8 Å². The first kappa shape index (κ1) is 42.0. The number of amides is 2. The summed E-state index contributed by atoms with van der Waals surface area (Å²) in [5.74, 6) is 1.64. The van der Waals surface area contributed by atoms with Gasteiger partial charge in [-0.3, -0.25) is 9.88 Å². The van der Waals surface area contributed by atoms with E-state index in [2.05, 4.69) is 41.3 Å². The highest BCUT2D eigenvalue weighted by Gasteiger charge is 2.31. The standard InChI is InChI=1S/C45H49F3N4O6/c1-29(53)10-11-31-25-32(44(2,3)4)27-40(42(31)55-5)51-43(54)50-39-12-13-41(38-9-7-6-8-37(38)39)58-35-14-15-49-34(28-35)23-30-22-33(45(46,47)48)26-36(24-30)57-21-18-52-16-19-56-20-17-52/h6-9,12-15,22,24-28H,10-11,16-21,23H2,1-5H3,(H2,50,51,54). The van der Waals surface area contributed by atoms with Crippen LogP contribution < -0.4 is 24.8 Å². The van der Waals surface area contributed by atoms with Crippen molar-refractivity contribution in [1.82, 2.24) is 9.88 Å². The summed E-state index contributed by atoms with van der Waals surface area (Å²) in [6, 6.07) is 21.5. The number of urea groups is 1. The number of carbonyl (C=O) groups excluding carboxylic acids is 2. The molecule has 1 aliphatic heterocycles. The van der Waals surface area contributed by atoms with Crippen LogP contribution in [-0.4, -0.2) is 68.3 Å². The number of ether oxygens (including phenoxy) is 4. The largest absolute Gasteiger partial charge is 0.494 e. The predicted molar refractivity (Wildman–Crippen MR) is 219 cm³/mol. The topological polar surface area (TPSA) is 111 Å². The number of carbonyl (C=O) groups is 2. The maximum Gasteiger partial charge on any atom is 0.416 e. The molecular formula is C45H49F3N4O6. The van der Waals surface area contributed by atoms with Crippen LogP contribution in [0, 0.1) is 0 Å². The second-order valence-corrected chi connectivity index (χ2v) is 15.3. The third kappa shape index (κ3) is 11.0. The lowest BCUT2D eigenvalue weighted by Gasteiger charge is -2.26. The smallest absolute Gasteiger partial charge is 0.416 e. The van der Waals surface area contributed by atoms with E-state index in [0.29, 0.717) is 83.3 Å². The van der Waals surface area contributed by atoms with E-state index in [0.717, 1.165) is 36.3 Å². The Balaban J connectivity index is 1.18. The molecule has 0 unspecified atom stereocenters. The number of halogens is 3.